The molecule has 4 nitrogen and oxygen atoms in total. The van der Waals surface area contributed by atoms with Crippen LogP contribution in [0.5, 0.6) is 0 Å². The molecule has 0 atom stereocenters. The molecule has 0 unspecified atom stereocenters. The summed E-state index contributed by atoms with van der Waals surface area (Å²) in [6, 6.07) is 28.3. The molecule has 0 aliphatic rings. The van der Waals surface area contributed by atoms with E-state index in [1.807, 2.05) is 48.5 Å². The molecule has 0 saturated carbocycles. The van der Waals surface area contributed by atoms with Crippen LogP contribution < -0.4 is 5.32 Å². The number of benzene rings is 3. The Morgan fingerprint density at radius 1 is 0.875 bits per heavy atom. The first-order valence-corrected chi connectivity index (χ1v) is 11.4. The normalized spacial score (nSPS) is 10.9. The Hall–Kier alpha value is -3.41. The van der Waals surface area contributed by atoms with Gasteiger partial charge < -0.3 is 9.84 Å². The maximum Gasteiger partial charge on any atom is 0.184 e. The van der Waals surface area contributed by atoms with Crippen LogP contribution in [-0.2, 0) is 6.54 Å². The fraction of sp³-hybridized carbons (Fsp3) is 0.0769. The lowest BCUT2D eigenvalue weighted by molar-refractivity contribution is 0.390. The molecule has 5 aromatic rings. The Bertz CT molecular complexity index is 1330. The van der Waals surface area contributed by atoms with Gasteiger partial charge in [0.1, 0.15) is 5.69 Å². The minimum atomic E-state index is 0.501. The molecule has 0 aliphatic carbocycles. The minimum Gasteiger partial charge on any atom is -0.359 e. The van der Waals surface area contributed by atoms with Crippen molar-refractivity contribution in [2.24, 2.45) is 0 Å². The highest BCUT2D eigenvalue weighted by atomic mass is 35.5. The number of aryl methyl sites for hydroxylation is 1. The van der Waals surface area contributed by atoms with E-state index >= 15 is 0 Å². The quantitative estimate of drug-likeness (QED) is 0.283. The van der Waals surface area contributed by atoms with Crippen molar-refractivity contribution in [3.8, 4) is 33.0 Å². The van der Waals surface area contributed by atoms with Crippen molar-refractivity contribution in [2.45, 2.75) is 13.5 Å². The van der Waals surface area contributed by atoms with Crippen LogP contribution in [0.1, 0.15) is 11.3 Å². The third-order valence-corrected chi connectivity index (χ3v) is 6.42. The van der Waals surface area contributed by atoms with E-state index in [0.29, 0.717) is 11.6 Å². The molecule has 0 amide bonds. The molecule has 3 aromatic carbocycles. The third kappa shape index (κ3) is 4.44. The number of nitrogens with zero attached hydrogens (tertiary/aromatic N) is 2. The standard InChI is InChI=1S/C26H20ClN3OS/c1-17-7-9-18(10-8-17)23-15-22(31-30-23)16-28-26-29-24(19-11-13-21(27)14-12-19)25(32-26)20-5-3-2-4-6-20/h2-15H,16H2,1H3,(H,28,29). The molecule has 6 heteroatoms. The number of halogens is 1. The third-order valence-electron chi connectivity index (χ3n) is 5.10. The molecule has 0 bridgehead atoms. The van der Waals surface area contributed by atoms with E-state index in [0.717, 1.165) is 43.8 Å². The lowest BCUT2D eigenvalue weighted by Crippen LogP contribution is -1.97. The van der Waals surface area contributed by atoms with Gasteiger partial charge in [-0.1, -0.05) is 100 Å². The molecule has 0 fully saturated rings. The van der Waals surface area contributed by atoms with Crippen LogP contribution in [0.2, 0.25) is 5.02 Å². The highest BCUT2D eigenvalue weighted by Gasteiger charge is 2.15. The lowest BCUT2D eigenvalue weighted by atomic mass is 10.1. The Morgan fingerprint density at radius 2 is 1.59 bits per heavy atom. The Kier molecular flexibility index (Phi) is 5.75. The van der Waals surface area contributed by atoms with Crippen molar-refractivity contribution in [1.82, 2.24) is 10.1 Å². The average Bonchev–Trinajstić information content (AvgIpc) is 3.47. The summed E-state index contributed by atoms with van der Waals surface area (Å²) in [5, 5.41) is 9.13. The molecule has 0 radical (unpaired) electrons. The summed E-state index contributed by atoms with van der Waals surface area (Å²) in [6.45, 7) is 2.57. The summed E-state index contributed by atoms with van der Waals surface area (Å²) in [6.07, 6.45) is 0. The maximum atomic E-state index is 6.09. The topological polar surface area (TPSA) is 51.0 Å². The molecule has 2 aromatic heterocycles. The molecular formula is C26H20ClN3OS. The fourth-order valence-corrected chi connectivity index (χ4v) is 4.52. The molecule has 0 spiro atoms. The van der Waals surface area contributed by atoms with Crippen molar-refractivity contribution in [3.63, 3.8) is 0 Å². The number of rotatable bonds is 6. The van der Waals surface area contributed by atoms with E-state index in [1.54, 1.807) is 11.3 Å². The molecule has 0 saturated heterocycles. The van der Waals surface area contributed by atoms with Crippen molar-refractivity contribution in [1.29, 1.82) is 0 Å². The monoisotopic (exact) mass is 457 g/mol. The molecular weight excluding hydrogens is 438 g/mol. The zero-order valence-corrected chi connectivity index (χ0v) is 19.0. The van der Waals surface area contributed by atoms with Crippen molar-refractivity contribution < 1.29 is 4.52 Å². The van der Waals surface area contributed by atoms with Crippen LogP contribution >= 0.6 is 22.9 Å². The number of hydrogen-bond acceptors (Lipinski definition) is 5. The predicted octanol–water partition coefficient (Wildman–Crippen LogP) is 7.71. The molecule has 1 N–H and O–H groups in total. The van der Waals surface area contributed by atoms with Gasteiger partial charge in [-0.05, 0) is 24.6 Å². The van der Waals surface area contributed by atoms with Crippen molar-refractivity contribution in [2.75, 3.05) is 5.32 Å². The van der Waals surface area contributed by atoms with E-state index < -0.39 is 0 Å². The van der Waals surface area contributed by atoms with Crippen LogP contribution in [0, 0.1) is 6.92 Å². The second kappa shape index (κ2) is 8.99. The van der Waals surface area contributed by atoms with Crippen molar-refractivity contribution in [3.05, 3.63) is 101 Å². The summed E-state index contributed by atoms with van der Waals surface area (Å²) in [4.78, 5) is 5.98. The van der Waals surface area contributed by atoms with Crippen LogP contribution in [0.25, 0.3) is 33.0 Å². The van der Waals surface area contributed by atoms with E-state index in [4.69, 9.17) is 21.1 Å². The van der Waals surface area contributed by atoms with E-state index in [1.165, 1.54) is 5.56 Å². The van der Waals surface area contributed by atoms with Gasteiger partial charge in [0, 0.05) is 22.2 Å². The second-order valence-corrected chi connectivity index (χ2v) is 8.90. The van der Waals surface area contributed by atoms with Crippen LogP contribution in [0.4, 0.5) is 5.13 Å². The van der Waals surface area contributed by atoms with Gasteiger partial charge >= 0.3 is 0 Å². The summed E-state index contributed by atoms with van der Waals surface area (Å²) in [7, 11) is 0. The number of hydrogen-bond donors (Lipinski definition) is 1. The maximum absolute atomic E-state index is 6.09. The number of thiazole rings is 1. The summed E-state index contributed by atoms with van der Waals surface area (Å²) >= 11 is 7.70. The average molecular weight is 458 g/mol. The number of anilines is 1. The largest absolute Gasteiger partial charge is 0.359 e. The fourth-order valence-electron chi connectivity index (χ4n) is 3.40. The highest BCUT2D eigenvalue weighted by molar-refractivity contribution is 7.19. The summed E-state index contributed by atoms with van der Waals surface area (Å²) in [5.74, 6) is 0.755. The molecule has 0 aliphatic heterocycles. The van der Waals surface area contributed by atoms with Crippen LogP contribution in [0.3, 0.4) is 0 Å². The van der Waals surface area contributed by atoms with E-state index in [2.05, 4.69) is 53.8 Å². The highest BCUT2D eigenvalue weighted by Crippen LogP contribution is 2.39. The van der Waals surface area contributed by atoms with E-state index in [9.17, 15) is 0 Å². The Balaban J connectivity index is 1.40. The SMILES string of the molecule is Cc1ccc(-c2cc(CNc3nc(-c4ccc(Cl)cc4)c(-c4ccccc4)s3)on2)cc1. The van der Waals surface area contributed by atoms with Crippen LogP contribution in [-0.4, -0.2) is 10.1 Å². The first-order valence-electron chi connectivity index (χ1n) is 10.2. The molecule has 158 valence electrons. The van der Waals surface area contributed by atoms with Crippen molar-refractivity contribution >= 4 is 28.1 Å². The number of aromatic nitrogens is 2. The van der Waals surface area contributed by atoms with Gasteiger partial charge in [-0.2, -0.15) is 0 Å². The molecule has 2 heterocycles. The smallest absolute Gasteiger partial charge is 0.184 e. The zero-order valence-electron chi connectivity index (χ0n) is 17.4. The van der Waals surface area contributed by atoms with E-state index in [-0.39, 0.29) is 0 Å². The Morgan fingerprint density at radius 3 is 2.34 bits per heavy atom. The second-order valence-electron chi connectivity index (χ2n) is 7.47. The van der Waals surface area contributed by atoms with Gasteiger partial charge in [0.2, 0.25) is 0 Å². The zero-order chi connectivity index (χ0) is 21.9. The minimum absolute atomic E-state index is 0.501. The van der Waals surface area contributed by atoms with Gasteiger partial charge in [-0.3, -0.25) is 0 Å². The molecule has 32 heavy (non-hydrogen) atoms. The van der Waals surface area contributed by atoms with Gasteiger partial charge in [0.05, 0.1) is 17.1 Å². The lowest BCUT2D eigenvalue weighted by Gasteiger charge is -2.02. The van der Waals surface area contributed by atoms with Gasteiger partial charge in [0.25, 0.3) is 0 Å². The Labute approximate surface area is 195 Å². The number of nitrogens with one attached hydrogen (secondary N) is 1. The van der Waals surface area contributed by atoms with Gasteiger partial charge in [-0.25, -0.2) is 4.98 Å². The first kappa shape index (κ1) is 20.5. The predicted molar refractivity (Wildman–Crippen MR) is 132 cm³/mol. The van der Waals surface area contributed by atoms with Gasteiger partial charge in [-0.15, -0.1) is 0 Å². The first-order chi connectivity index (χ1) is 15.7. The summed E-state index contributed by atoms with van der Waals surface area (Å²) in [5.41, 5.74) is 6.17. The summed E-state index contributed by atoms with van der Waals surface area (Å²) < 4.78 is 5.54. The molecule has 5 rings (SSSR count). The van der Waals surface area contributed by atoms with Gasteiger partial charge in [0.15, 0.2) is 10.9 Å². The van der Waals surface area contributed by atoms with Crippen LogP contribution in [0.15, 0.2) is 89.5 Å².